The summed E-state index contributed by atoms with van der Waals surface area (Å²) < 4.78 is 0.880. The summed E-state index contributed by atoms with van der Waals surface area (Å²) in [5.74, 6) is -0.543. The molecule has 82 valence electrons. The largest absolute Gasteiger partial charge is 0.504 e. The molecule has 0 bridgehead atoms. The molecule has 0 atom stereocenters. The number of rotatable bonds is 3. The van der Waals surface area contributed by atoms with Crippen LogP contribution < -0.4 is 5.32 Å². The number of hydrogen-bond acceptors (Lipinski definition) is 3. The van der Waals surface area contributed by atoms with Crippen LogP contribution in [0.1, 0.15) is 10.4 Å². The fraction of sp³-hybridized carbons (Fsp3) is 0.100. The molecule has 1 amide bonds. The highest BCUT2D eigenvalue weighted by atomic mass is 79.9. The van der Waals surface area contributed by atoms with Gasteiger partial charge in [-0.1, -0.05) is 15.9 Å². The van der Waals surface area contributed by atoms with E-state index in [9.17, 15) is 4.79 Å². The molecule has 0 fully saturated rings. The fourth-order valence-electron chi connectivity index (χ4n) is 0.986. The van der Waals surface area contributed by atoms with Crippen molar-refractivity contribution < 1.29 is 9.90 Å². The van der Waals surface area contributed by atoms with Gasteiger partial charge in [0.05, 0.1) is 6.54 Å². The summed E-state index contributed by atoms with van der Waals surface area (Å²) in [5, 5.41) is 19.7. The van der Waals surface area contributed by atoms with Gasteiger partial charge in [0.1, 0.15) is 0 Å². The highest BCUT2D eigenvalue weighted by molar-refractivity contribution is 9.10. The van der Waals surface area contributed by atoms with Crippen molar-refractivity contribution in [2.24, 2.45) is 0 Å². The van der Waals surface area contributed by atoms with Crippen LogP contribution in [0.3, 0.4) is 0 Å². The molecular weight excluding hydrogens is 274 g/mol. The third-order valence-corrected chi connectivity index (χ3v) is 2.27. The van der Waals surface area contributed by atoms with Crippen molar-refractivity contribution >= 4 is 21.8 Å². The normalized spacial score (nSPS) is 10.6. The molecular formula is C10H9BrN3O2+. The topological polar surface area (TPSA) is 77.5 Å². The molecule has 0 aromatic heterocycles. The van der Waals surface area contributed by atoms with Gasteiger partial charge in [0.15, 0.2) is 10.7 Å². The molecule has 0 radical (unpaired) electrons. The van der Waals surface area contributed by atoms with Gasteiger partial charge in [-0.25, -0.2) is 0 Å². The standard InChI is InChI=1S/C10H8BrN3O2/c11-8-3-1-7(2-4-8)10(16)13-5-9(15)6-14-12/h1-4,6H,5H2,(H-,13,15,16)/p+1. The molecule has 1 rings (SSSR count). The smallest absolute Gasteiger partial charge is 0.389 e. The van der Waals surface area contributed by atoms with Crippen LogP contribution in [-0.2, 0) is 0 Å². The Balaban J connectivity index is 2.57. The second-order valence-electron chi connectivity index (χ2n) is 2.93. The number of amides is 1. The minimum Gasteiger partial charge on any atom is -0.504 e. The van der Waals surface area contributed by atoms with E-state index in [0.29, 0.717) is 5.56 Å². The summed E-state index contributed by atoms with van der Waals surface area (Å²) in [6.07, 6.45) is 0.849. The first-order valence-electron chi connectivity index (χ1n) is 4.39. The van der Waals surface area contributed by atoms with E-state index in [1.165, 1.54) is 0 Å². The van der Waals surface area contributed by atoms with Crippen molar-refractivity contribution in [3.05, 3.63) is 51.2 Å². The maximum absolute atomic E-state index is 11.5. The van der Waals surface area contributed by atoms with Gasteiger partial charge in [0.2, 0.25) is 5.39 Å². The number of diazo groups is 1. The SMILES string of the molecule is N#[N+]C=C(O)CNC(=O)c1ccc(Br)cc1. The van der Waals surface area contributed by atoms with Crippen LogP contribution in [0.15, 0.2) is 40.7 Å². The van der Waals surface area contributed by atoms with Crippen LogP contribution in [0.25, 0.3) is 4.98 Å². The molecule has 0 heterocycles. The summed E-state index contributed by atoms with van der Waals surface area (Å²) in [7, 11) is 0. The summed E-state index contributed by atoms with van der Waals surface area (Å²) in [6, 6.07) is 6.79. The van der Waals surface area contributed by atoms with Gasteiger partial charge in [-0.3, -0.25) is 4.79 Å². The lowest BCUT2D eigenvalue weighted by molar-refractivity contribution is 0.0952. The monoisotopic (exact) mass is 282 g/mol. The van der Waals surface area contributed by atoms with Crippen molar-refractivity contribution in [1.82, 2.24) is 5.32 Å². The summed E-state index contributed by atoms with van der Waals surface area (Å²) in [4.78, 5) is 14.1. The first-order chi connectivity index (χ1) is 7.63. The number of aliphatic hydroxyl groups excluding tert-OH is 1. The molecule has 1 aromatic carbocycles. The lowest BCUT2D eigenvalue weighted by Gasteiger charge is -2.02. The van der Waals surface area contributed by atoms with Crippen LogP contribution in [0.2, 0.25) is 0 Å². The van der Waals surface area contributed by atoms with E-state index in [2.05, 4.69) is 26.2 Å². The molecule has 0 saturated heterocycles. The highest BCUT2D eigenvalue weighted by Crippen LogP contribution is 2.10. The van der Waals surface area contributed by atoms with Crippen LogP contribution in [0.4, 0.5) is 0 Å². The number of benzene rings is 1. The van der Waals surface area contributed by atoms with Gasteiger partial charge in [-0.2, -0.15) is 0 Å². The summed E-state index contributed by atoms with van der Waals surface area (Å²) >= 11 is 3.26. The Labute approximate surface area is 101 Å². The molecule has 1 aromatic rings. The second-order valence-corrected chi connectivity index (χ2v) is 3.84. The third kappa shape index (κ3) is 3.71. The first kappa shape index (κ1) is 12.2. The van der Waals surface area contributed by atoms with Gasteiger partial charge < -0.3 is 10.4 Å². The van der Waals surface area contributed by atoms with Gasteiger partial charge in [0, 0.05) is 10.0 Å². The van der Waals surface area contributed by atoms with Crippen LogP contribution in [-0.4, -0.2) is 17.6 Å². The van der Waals surface area contributed by atoms with Crippen molar-refractivity contribution in [1.29, 1.82) is 5.39 Å². The predicted octanol–water partition coefficient (Wildman–Crippen LogP) is 2.43. The summed E-state index contributed by atoms with van der Waals surface area (Å²) in [6.45, 7) is -0.0844. The molecule has 0 aliphatic heterocycles. The van der Waals surface area contributed by atoms with E-state index in [4.69, 9.17) is 10.5 Å². The number of carbonyl (C=O) groups excluding carboxylic acids is 1. The van der Waals surface area contributed by atoms with Crippen molar-refractivity contribution in [3.63, 3.8) is 0 Å². The van der Waals surface area contributed by atoms with E-state index in [0.717, 1.165) is 10.7 Å². The third-order valence-electron chi connectivity index (χ3n) is 1.74. The Hall–Kier alpha value is -1.87. The predicted molar refractivity (Wildman–Crippen MR) is 62.3 cm³/mol. The lowest BCUT2D eigenvalue weighted by atomic mass is 10.2. The molecule has 0 aliphatic carbocycles. The number of nitrogens with one attached hydrogen (secondary N) is 1. The van der Waals surface area contributed by atoms with Crippen LogP contribution in [0.5, 0.6) is 0 Å². The second kappa shape index (κ2) is 5.88. The van der Waals surface area contributed by atoms with Crippen LogP contribution >= 0.6 is 15.9 Å². The van der Waals surface area contributed by atoms with E-state index in [1.807, 2.05) is 0 Å². The molecule has 5 nitrogen and oxygen atoms in total. The fourth-order valence-corrected chi connectivity index (χ4v) is 1.25. The number of aliphatic hydroxyl groups is 1. The number of halogens is 1. The number of hydrogen-bond donors (Lipinski definition) is 2. The first-order valence-corrected chi connectivity index (χ1v) is 5.19. The Kier molecular flexibility index (Phi) is 4.48. The van der Waals surface area contributed by atoms with E-state index >= 15 is 0 Å². The molecule has 6 heteroatoms. The highest BCUT2D eigenvalue weighted by Gasteiger charge is 2.06. The van der Waals surface area contributed by atoms with E-state index < -0.39 is 0 Å². The minimum absolute atomic E-state index is 0.0844. The summed E-state index contributed by atoms with van der Waals surface area (Å²) in [5.41, 5.74) is 0.483. The molecule has 0 unspecified atom stereocenters. The van der Waals surface area contributed by atoms with Gasteiger partial charge >= 0.3 is 6.20 Å². The van der Waals surface area contributed by atoms with Gasteiger partial charge in [-0.05, 0) is 24.3 Å². The maximum atomic E-state index is 11.5. The van der Waals surface area contributed by atoms with Gasteiger partial charge in [0.25, 0.3) is 5.91 Å². The molecule has 0 aliphatic rings. The zero-order valence-electron chi connectivity index (χ0n) is 8.22. The molecule has 16 heavy (non-hydrogen) atoms. The molecule has 0 spiro atoms. The van der Waals surface area contributed by atoms with Crippen molar-refractivity contribution in [3.8, 4) is 0 Å². The average molecular weight is 283 g/mol. The van der Waals surface area contributed by atoms with Crippen LogP contribution in [0, 0.1) is 5.39 Å². The Morgan fingerprint density at radius 3 is 2.69 bits per heavy atom. The average Bonchev–Trinajstić information content (AvgIpc) is 2.27. The Morgan fingerprint density at radius 2 is 2.12 bits per heavy atom. The van der Waals surface area contributed by atoms with Gasteiger partial charge in [-0.15, -0.1) is 0 Å². The Morgan fingerprint density at radius 1 is 1.50 bits per heavy atom. The quantitative estimate of drug-likeness (QED) is 0.660. The maximum Gasteiger partial charge on any atom is 0.389 e. The molecule has 0 saturated carbocycles. The van der Waals surface area contributed by atoms with E-state index in [-0.39, 0.29) is 18.2 Å². The minimum atomic E-state index is -0.314. The Bertz CT molecular complexity index is 448. The van der Waals surface area contributed by atoms with Crippen molar-refractivity contribution in [2.45, 2.75) is 0 Å². The van der Waals surface area contributed by atoms with E-state index in [1.54, 1.807) is 24.3 Å². The lowest BCUT2D eigenvalue weighted by Crippen LogP contribution is -2.25. The zero-order chi connectivity index (χ0) is 12.0. The zero-order valence-corrected chi connectivity index (χ0v) is 9.81. The number of carbonyl (C=O) groups is 1. The number of nitrogens with zero attached hydrogens (tertiary/aromatic N) is 2. The van der Waals surface area contributed by atoms with Crippen molar-refractivity contribution in [2.75, 3.05) is 6.54 Å². The molecule has 2 N–H and O–H groups in total.